The zero-order chi connectivity index (χ0) is 29.8. The molecule has 8 heteroatoms. The van der Waals surface area contributed by atoms with Crippen molar-refractivity contribution in [3.63, 3.8) is 0 Å². The van der Waals surface area contributed by atoms with Gasteiger partial charge < -0.3 is 14.4 Å². The van der Waals surface area contributed by atoms with E-state index in [0.717, 1.165) is 67.3 Å². The second kappa shape index (κ2) is 19.1. The van der Waals surface area contributed by atoms with Gasteiger partial charge in [0.05, 0.1) is 36.0 Å². The third-order valence-corrected chi connectivity index (χ3v) is 6.84. The predicted octanol–water partition coefficient (Wildman–Crippen LogP) is 10.4. The highest BCUT2D eigenvalue weighted by molar-refractivity contribution is 5.68. The molecule has 0 fully saturated rings. The number of nitrogens with zero attached hydrogens (tertiary/aromatic N) is 5. The van der Waals surface area contributed by atoms with Crippen LogP contribution in [0.1, 0.15) is 72.1 Å². The monoisotopic (exact) mass is 571 g/mol. The van der Waals surface area contributed by atoms with E-state index in [2.05, 4.69) is 51.3 Å². The predicted molar refractivity (Wildman–Crippen MR) is 170 cm³/mol. The summed E-state index contributed by atoms with van der Waals surface area (Å²) in [7, 11) is 0. The average molecular weight is 572 g/mol. The molecule has 0 unspecified atom stereocenters. The topological polar surface area (TPSA) is 88.2 Å². The van der Waals surface area contributed by atoms with E-state index in [-0.39, 0.29) is 5.97 Å². The van der Waals surface area contributed by atoms with Crippen molar-refractivity contribution < 1.29 is 14.3 Å². The van der Waals surface area contributed by atoms with Gasteiger partial charge in [-0.05, 0) is 99.5 Å². The summed E-state index contributed by atoms with van der Waals surface area (Å²) in [6.07, 6.45) is 8.31. The van der Waals surface area contributed by atoms with E-state index in [0.29, 0.717) is 19.6 Å². The summed E-state index contributed by atoms with van der Waals surface area (Å²) in [5.41, 5.74) is 4.28. The minimum absolute atomic E-state index is 0.107. The van der Waals surface area contributed by atoms with Crippen LogP contribution in [-0.4, -0.2) is 32.3 Å². The molecular weight excluding hydrogens is 526 g/mol. The molecule has 0 aliphatic heterocycles. The lowest BCUT2D eigenvalue weighted by Crippen LogP contribution is -2.21. The first-order valence-electron chi connectivity index (χ1n) is 15.3. The fraction of sp³-hybridized carbons (Fsp3) is 0.441. The zero-order valence-corrected chi connectivity index (χ0v) is 25.4. The van der Waals surface area contributed by atoms with Crippen molar-refractivity contribution in [2.75, 3.05) is 31.2 Å². The normalized spacial score (nSPS) is 11.3. The molecule has 3 aromatic rings. The van der Waals surface area contributed by atoms with E-state index in [1.807, 2.05) is 67.6 Å². The molecular formula is C34H45N5O3. The van der Waals surface area contributed by atoms with Crippen molar-refractivity contribution in [3.8, 4) is 5.75 Å². The van der Waals surface area contributed by atoms with Gasteiger partial charge in [-0.25, -0.2) is 0 Å². The summed E-state index contributed by atoms with van der Waals surface area (Å²) >= 11 is 0. The van der Waals surface area contributed by atoms with E-state index in [1.165, 1.54) is 24.9 Å². The number of unbranched alkanes of at least 4 members (excludes halogenated alkanes) is 6. The highest BCUT2D eigenvalue weighted by atomic mass is 16.5. The van der Waals surface area contributed by atoms with E-state index in [1.54, 1.807) is 0 Å². The van der Waals surface area contributed by atoms with Crippen molar-refractivity contribution in [2.45, 2.75) is 72.1 Å². The summed E-state index contributed by atoms with van der Waals surface area (Å²) in [6, 6.07) is 23.3. The van der Waals surface area contributed by atoms with Crippen LogP contribution in [0.3, 0.4) is 0 Å². The van der Waals surface area contributed by atoms with Gasteiger partial charge in [0.15, 0.2) is 0 Å². The Bertz CT molecular complexity index is 1220. The van der Waals surface area contributed by atoms with E-state index in [4.69, 9.17) is 9.47 Å². The molecule has 3 aromatic carbocycles. The number of ether oxygens (including phenoxy) is 2. The molecule has 0 spiro atoms. The maximum Gasteiger partial charge on any atom is 0.305 e. The first kappa shape index (κ1) is 32.4. The van der Waals surface area contributed by atoms with Crippen LogP contribution in [0, 0.1) is 0 Å². The Morgan fingerprint density at radius 2 is 0.976 bits per heavy atom. The Hall–Kier alpha value is -4.07. The highest BCUT2D eigenvalue weighted by Gasteiger charge is 2.02. The molecule has 0 saturated heterocycles. The fourth-order valence-electron chi connectivity index (χ4n) is 4.31. The largest absolute Gasteiger partial charge is 0.494 e. The van der Waals surface area contributed by atoms with Gasteiger partial charge in [-0.2, -0.15) is 20.5 Å². The minimum Gasteiger partial charge on any atom is -0.494 e. The van der Waals surface area contributed by atoms with Gasteiger partial charge in [0.2, 0.25) is 0 Å². The van der Waals surface area contributed by atoms with E-state index < -0.39 is 0 Å². The summed E-state index contributed by atoms with van der Waals surface area (Å²) in [5.74, 6) is 0.733. The second-order valence-electron chi connectivity index (χ2n) is 10.00. The summed E-state index contributed by atoms with van der Waals surface area (Å²) < 4.78 is 11.0. The molecule has 0 bridgehead atoms. The van der Waals surface area contributed by atoms with Crippen LogP contribution in [-0.2, 0) is 9.53 Å². The van der Waals surface area contributed by atoms with Gasteiger partial charge in [-0.15, -0.1) is 0 Å². The maximum absolute atomic E-state index is 11.1. The Morgan fingerprint density at radius 3 is 1.43 bits per heavy atom. The minimum atomic E-state index is -0.107. The van der Waals surface area contributed by atoms with Gasteiger partial charge in [0.1, 0.15) is 5.75 Å². The van der Waals surface area contributed by atoms with Gasteiger partial charge in [-0.1, -0.05) is 39.0 Å². The lowest BCUT2D eigenvalue weighted by Gasteiger charge is -2.20. The number of azo groups is 2. The number of benzene rings is 3. The Labute approximate surface area is 250 Å². The molecule has 0 aromatic heterocycles. The smallest absolute Gasteiger partial charge is 0.305 e. The fourth-order valence-corrected chi connectivity index (χ4v) is 4.31. The third-order valence-electron chi connectivity index (χ3n) is 6.84. The molecule has 3 rings (SSSR count). The van der Waals surface area contributed by atoms with Crippen molar-refractivity contribution in [1.29, 1.82) is 0 Å². The van der Waals surface area contributed by atoms with Gasteiger partial charge in [0.25, 0.3) is 0 Å². The SMILES string of the molecule is CCC(=O)OCCCCCCCCCOc1ccc(N=Nc2ccc(N=Nc3ccc(N(CC)CC)cc3)cc2)cc1. The highest BCUT2D eigenvalue weighted by Crippen LogP contribution is 2.25. The van der Waals surface area contributed by atoms with Gasteiger partial charge >= 0.3 is 5.97 Å². The number of anilines is 1. The molecule has 0 aliphatic rings. The van der Waals surface area contributed by atoms with Crippen LogP contribution in [0.2, 0.25) is 0 Å². The molecule has 0 atom stereocenters. The molecule has 0 N–H and O–H groups in total. The molecule has 0 radical (unpaired) electrons. The lowest BCUT2D eigenvalue weighted by atomic mass is 10.1. The Kier molecular flexibility index (Phi) is 14.8. The Balaban J connectivity index is 1.31. The number of esters is 1. The van der Waals surface area contributed by atoms with Gasteiger partial charge in [0, 0.05) is 25.2 Å². The standard InChI is InChI=1S/C34H45N5O3/c1-4-34(40)42-27-13-11-9-7-8-10-12-26-41-33-24-20-31(21-25-33)38-36-29-16-14-28(15-17-29)35-37-30-18-22-32(23-19-30)39(5-2)6-3/h14-25H,4-13,26-27H2,1-3H3. The lowest BCUT2D eigenvalue weighted by molar-refractivity contribution is -0.143. The van der Waals surface area contributed by atoms with Crippen LogP contribution in [0.5, 0.6) is 5.75 Å². The Morgan fingerprint density at radius 1 is 0.571 bits per heavy atom. The maximum atomic E-state index is 11.1. The van der Waals surface area contributed by atoms with Crippen molar-refractivity contribution in [1.82, 2.24) is 0 Å². The first-order chi connectivity index (χ1) is 20.6. The molecule has 8 nitrogen and oxygen atoms in total. The first-order valence-corrected chi connectivity index (χ1v) is 15.3. The van der Waals surface area contributed by atoms with Crippen molar-refractivity contribution in [3.05, 3.63) is 72.8 Å². The molecule has 0 saturated carbocycles. The second-order valence-corrected chi connectivity index (χ2v) is 10.00. The van der Waals surface area contributed by atoms with Crippen LogP contribution in [0.15, 0.2) is 93.3 Å². The van der Waals surface area contributed by atoms with Crippen molar-refractivity contribution in [2.24, 2.45) is 20.5 Å². The number of hydrogen-bond acceptors (Lipinski definition) is 8. The van der Waals surface area contributed by atoms with Crippen LogP contribution < -0.4 is 9.64 Å². The zero-order valence-electron chi connectivity index (χ0n) is 25.4. The third kappa shape index (κ3) is 12.2. The van der Waals surface area contributed by atoms with E-state index >= 15 is 0 Å². The van der Waals surface area contributed by atoms with Crippen molar-refractivity contribution >= 4 is 34.4 Å². The molecule has 224 valence electrons. The van der Waals surface area contributed by atoms with E-state index in [9.17, 15) is 4.79 Å². The quantitative estimate of drug-likeness (QED) is 0.0813. The van der Waals surface area contributed by atoms with Crippen LogP contribution in [0.25, 0.3) is 0 Å². The number of carbonyl (C=O) groups excluding carboxylic acids is 1. The summed E-state index contributed by atoms with van der Waals surface area (Å²) in [5, 5.41) is 17.4. The molecule has 0 aliphatic carbocycles. The van der Waals surface area contributed by atoms with Gasteiger partial charge in [-0.3, -0.25) is 4.79 Å². The molecule has 0 heterocycles. The summed E-state index contributed by atoms with van der Waals surface area (Å²) in [6.45, 7) is 9.34. The summed E-state index contributed by atoms with van der Waals surface area (Å²) in [4.78, 5) is 13.4. The average Bonchev–Trinajstić information content (AvgIpc) is 3.03. The number of hydrogen-bond donors (Lipinski definition) is 0. The number of carbonyl (C=O) groups is 1. The number of rotatable bonds is 19. The molecule has 42 heavy (non-hydrogen) atoms. The molecule has 0 amide bonds. The van der Waals surface area contributed by atoms with Crippen LogP contribution in [0.4, 0.5) is 28.4 Å². The van der Waals surface area contributed by atoms with Crippen LogP contribution >= 0.6 is 0 Å².